The third kappa shape index (κ3) is 2.83. The van der Waals surface area contributed by atoms with Gasteiger partial charge in [0.25, 0.3) is 0 Å². The average molecular weight is 183 g/mol. The molecule has 0 aliphatic carbocycles. The van der Waals surface area contributed by atoms with Gasteiger partial charge in [-0.2, -0.15) is 5.26 Å². The van der Waals surface area contributed by atoms with E-state index in [2.05, 4.69) is 0 Å². The Morgan fingerprint density at radius 1 is 1.23 bits per heavy atom. The Hall–Kier alpha value is -1.43. The fourth-order valence-corrected chi connectivity index (χ4v) is 0.762. The summed E-state index contributed by atoms with van der Waals surface area (Å²) in [5, 5.41) is 8.38. The molecule has 0 bridgehead atoms. The Morgan fingerprint density at radius 2 is 1.77 bits per heavy atom. The van der Waals surface area contributed by atoms with Crippen molar-refractivity contribution < 1.29 is 8.78 Å². The first-order valence-electron chi connectivity index (χ1n) is 4.01. The van der Waals surface area contributed by atoms with E-state index >= 15 is 0 Å². The van der Waals surface area contributed by atoms with Gasteiger partial charge in [-0.25, -0.2) is 8.78 Å². The summed E-state index contributed by atoms with van der Waals surface area (Å²) in [4.78, 5) is 0. The summed E-state index contributed by atoms with van der Waals surface area (Å²) in [5.74, 6) is -1.40. The zero-order valence-electron chi connectivity index (χ0n) is 7.86. The summed E-state index contributed by atoms with van der Waals surface area (Å²) in [7, 11) is 0. The average Bonchev–Trinajstić information content (AvgIpc) is 2.14. The molecule has 0 aliphatic heterocycles. The molecule has 1 rings (SSSR count). The van der Waals surface area contributed by atoms with Crippen molar-refractivity contribution in [1.29, 1.82) is 5.26 Å². The second-order valence-electron chi connectivity index (χ2n) is 2.17. The quantitative estimate of drug-likeness (QED) is 0.606. The van der Waals surface area contributed by atoms with Crippen LogP contribution in [0.3, 0.4) is 0 Å². The van der Waals surface area contributed by atoms with Crippen molar-refractivity contribution in [1.82, 2.24) is 0 Å². The molecule has 0 heterocycles. The lowest BCUT2D eigenvalue weighted by Crippen LogP contribution is -1.89. The van der Waals surface area contributed by atoms with Gasteiger partial charge in [-0.1, -0.05) is 13.8 Å². The molecular weight excluding hydrogens is 172 g/mol. The molecule has 0 saturated heterocycles. The van der Waals surface area contributed by atoms with Crippen LogP contribution >= 0.6 is 0 Å². The maximum atomic E-state index is 12.6. The van der Waals surface area contributed by atoms with Crippen molar-refractivity contribution in [3.8, 4) is 6.07 Å². The number of hydrogen-bond donors (Lipinski definition) is 0. The largest absolute Gasteiger partial charge is 0.207 e. The minimum absolute atomic E-state index is 0.0440. The third-order valence-electron chi connectivity index (χ3n) is 1.43. The molecule has 0 saturated carbocycles. The van der Waals surface area contributed by atoms with E-state index in [0.29, 0.717) is 0 Å². The van der Waals surface area contributed by atoms with Crippen molar-refractivity contribution in [3.05, 3.63) is 34.9 Å². The fraction of sp³-hybridized carbons (Fsp3) is 0.300. The number of nitriles is 1. The lowest BCUT2D eigenvalue weighted by Gasteiger charge is -1.97. The SMILES string of the molecule is CC.Cc1c(F)cc(F)cc1C#N. The Kier molecular flexibility index (Phi) is 4.68. The zero-order valence-corrected chi connectivity index (χ0v) is 7.86. The first-order chi connectivity index (χ1) is 6.15. The van der Waals surface area contributed by atoms with E-state index in [9.17, 15) is 8.78 Å². The number of rotatable bonds is 0. The van der Waals surface area contributed by atoms with Crippen LogP contribution in [0, 0.1) is 29.9 Å². The molecule has 1 nitrogen and oxygen atoms in total. The van der Waals surface area contributed by atoms with Gasteiger partial charge in [0.1, 0.15) is 11.6 Å². The number of benzene rings is 1. The Balaban J connectivity index is 0.000000671. The lowest BCUT2D eigenvalue weighted by molar-refractivity contribution is 0.576. The molecule has 0 N–H and O–H groups in total. The van der Waals surface area contributed by atoms with E-state index in [-0.39, 0.29) is 11.1 Å². The summed E-state index contributed by atoms with van der Waals surface area (Å²) < 4.78 is 25.0. The molecule has 0 spiro atoms. The van der Waals surface area contributed by atoms with Gasteiger partial charge in [-0.05, 0) is 13.0 Å². The number of hydrogen-bond acceptors (Lipinski definition) is 1. The molecule has 0 atom stereocenters. The second kappa shape index (κ2) is 5.26. The predicted octanol–water partition coefficient (Wildman–Crippen LogP) is 3.17. The van der Waals surface area contributed by atoms with Crippen LogP contribution in [0.2, 0.25) is 0 Å². The van der Waals surface area contributed by atoms with E-state index in [0.717, 1.165) is 12.1 Å². The second-order valence-corrected chi connectivity index (χ2v) is 2.17. The van der Waals surface area contributed by atoms with Crippen LogP contribution in [-0.2, 0) is 0 Å². The monoisotopic (exact) mass is 183 g/mol. The fourth-order valence-electron chi connectivity index (χ4n) is 0.762. The van der Waals surface area contributed by atoms with E-state index < -0.39 is 11.6 Å². The minimum atomic E-state index is -0.718. The first-order valence-corrected chi connectivity index (χ1v) is 4.01. The summed E-state index contributed by atoms with van der Waals surface area (Å²) in [6, 6.07) is 3.47. The third-order valence-corrected chi connectivity index (χ3v) is 1.43. The highest BCUT2D eigenvalue weighted by Crippen LogP contribution is 2.13. The molecule has 0 aliphatic rings. The smallest absolute Gasteiger partial charge is 0.130 e. The van der Waals surface area contributed by atoms with Crippen LogP contribution in [0.4, 0.5) is 8.78 Å². The van der Waals surface area contributed by atoms with Gasteiger partial charge in [0.2, 0.25) is 0 Å². The van der Waals surface area contributed by atoms with Gasteiger partial charge in [-0.15, -0.1) is 0 Å². The Morgan fingerprint density at radius 3 is 2.23 bits per heavy atom. The standard InChI is InChI=1S/C8H5F2N.C2H6/c1-5-6(4-11)2-7(9)3-8(5)10;1-2/h2-3H,1H3;1-2H3. The van der Waals surface area contributed by atoms with Crippen molar-refractivity contribution in [2.24, 2.45) is 0 Å². The normalized spacial score (nSPS) is 8.31. The van der Waals surface area contributed by atoms with Crippen LogP contribution < -0.4 is 0 Å². The maximum absolute atomic E-state index is 12.6. The topological polar surface area (TPSA) is 23.8 Å². The Bertz CT molecular complexity index is 326. The summed E-state index contributed by atoms with van der Waals surface area (Å²) in [5.41, 5.74) is 0.233. The molecule has 1 aromatic rings. The summed E-state index contributed by atoms with van der Waals surface area (Å²) >= 11 is 0. The zero-order chi connectivity index (χ0) is 10.4. The molecule has 3 heteroatoms. The van der Waals surface area contributed by atoms with Crippen molar-refractivity contribution in [2.75, 3.05) is 0 Å². The van der Waals surface area contributed by atoms with E-state index in [1.807, 2.05) is 13.8 Å². The van der Waals surface area contributed by atoms with Gasteiger partial charge in [0, 0.05) is 11.6 Å². The molecule has 1 aromatic carbocycles. The van der Waals surface area contributed by atoms with Gasteiger partial charge >= 0.3 is 0 Å². The van der Waals surface area contributed by atoms with E-state index in [1.54, 1.807) is 6.07 Å². The summed E-state index contributed by atoms with van der Waals surface area (Å²) in [6.45, 7) is 5.44. The van der Waals surface area contributed by atoms with E-state index in [1.165, 1.54) is 6.92 Å². The summed E-state index contributed by atoms with van der Waals surface area (Å²) in [6.07, 6.45) is 0. The van der Waals surface area contributed by atoms with Gasteiger partial charge in [0.15, 0.2) is 0 Å². The molecule has 0 amide bonds. The molecule has 70 valence electrons. The highest BCUT2D eigenvalue weighted by Gasteiger charge is 2.05. The van der Waals surface area contributed by atoms with Crippen LogP contribution in [-0.4, -0.2) is 0 Å². The van der Waals surface area contributed by atoms with Crippen LogP contribution in [0.25, 0.3) is 0 Å². The highest BCUT2D eigenvalue weighted by molar-refractivity contribution is 5.37. The molecule has 13 heavy (non-hydrogen) atoms. The van der Waals surface area contributed by atoms with Gasteiger partial charge in [0.05, 0.1) is 11.6 Å². The van der Waals surface area contributed by atoms with Crippen molar-refractivity contribution in [3.63, 3.8) is 0 Å². The molecule has 0 aromatic heterocycles. The van der Waals surface area contributed by atoms with Gasteiger partial charge < -0.3 is 0 Å². The molecule has 0 unspecified atom stereocenters. The molecular formula is C10H11F2N. The van der Waals surface area contributed by atoms with Gasteiger partial charge in [-0.3, -0.25) is 0 Å². The maximum Gasteiger partial charge on any atom is 0.130 e. The lowest BCUT2D eigenvalue weighted by atomic mass is 10.1. The van der Waals surface area contributed by atoms with Crippen molar-refractivity contribution >= 4 is 0 Å². The van der Waals surface area contributed by atoms with Crippen LogP contribution in [0.15, 0.2) is 12.1 Å². The van der Waals surface area contributed by atoms with Crippen LogP contribution in [0.1, 0.15) is 25.0 Å². The predicted molar refractivity (Wildman–Crippen MR) is 47.2 cm³/mol. The molecule has 0 radical (unpaired) electrons. The molecule has 0 fully saturated rings. The van der Waals surface area contributed by atoms with Crippen LogP contribution in [0.5, 0.6) is 0 Å². The number of halogens is 2. The highest BCUT2D eigenvalue weighted by atomic mass is 19.1. The van der Waals surface area contributed by atoms with E-state index in [4.69, 9.17) is 5.26 Å². The van der Waals surface area contributed by atoms with Crippen molar-refractivity contribution in [2.45, 2.75) is 20.8 Å². The number of nitrogens with zero attached hydrogens (tertiary/aromatic N) is 1. The first kappa shape index (κ1) is 11.6. The Labute approximate surface area is 76.6 Å². The minimum Gasteiger partial charge on any atom is -0.207 e.